The van der Waals surface area contributed by atoms with Crippen molar-refractivity contribution in [1.82, 2.24) is 0 Å². The summed E-state index contributed by atoms with van der Waals surface area (Å²) in [6.07, 6.45) is 67.9. The summed E-state index contributed by atoms with van der Waals surface area (Å²) in [5.74, 6) is -0.807. The van der Waals surface area contributed by atoms with Crippen LogP contribution in [0.3, 0.4) is 0 Å². The number of likely N-dealkylation sites (N-methyl/N-ethyl adjacent to an activating group) is 1. The summed E-state index contributed by atoms with van der Waals surface area (Å²) in [5, 5.41) is 0. The second-order valence-electron chi connectivity index (χ2n) is 19.2. The van der Waals surface area contributed by atoms with E-state index in [1.165, 1.54) is 89.9 Å². The number of carbonyl (C=O) groups is 2. The quantitative estimate of drug-likeness (QED) is 0.0211. The van der Waals surface area contributed by atoms with Crippen molar-refractivity contribution in [2.24, 2.45) is 0 Å². The van der Waals surface area contributed by atoms with Gasteiger partial charge in [0.2, 0.25) is 0 Å². The van der Waals surface area contributed by atoms with Gasteiger partial charge in [-0.05, 0) is 77.0 Å². The van der Waals surface area contributed by atoms with E-state index in [4.69, 9.17) is 18.5 Å². The first-order valence-corrected chi connectivity index (χ1v) is 29.0. The lowest BCUT2D eigenvalue weighted by Crippen LogP contribution is -2.37. The summed E-state index contributed by atoms with van der Waals surface area (Å²) < 4.78 is 34.3. The maximum atomic E-state index is 12.7. The zero-order valence-electron chi connectivity index (χ0n) is 44.8. The molecule has 0 fully saturated rings. The Morgan fingerprint density at radius 2 is 0.826 bits per heavy atom. The summed E-state index contributed by atoms with van der Waals surface area (Å²) in [4.78, 5) is 35.4. The third kappa shape index (κ3) is 54.1. The summed E-state index contributed by atoms with van der Waals surface area (Å²) in [6, 6.07) is 0. The minimum atomic E-state index is -4.38. The Balaban J connectivity index is 4.00. The van der Waals surface area contributed by atoms with Gasteiger partial charge in [0.15, 0.2) is 6.10 Å². The zero-order chi connectivity index (χ0) is 50.6. The van der Waals surface area contributed by atoms with Crippen LogP contribution < -0.4 is 0 Å². The van der Waals surface area contributed by atoms with E-state index >= 15 is 0 Å². The van der Waals surface area contributed by atoms with Gasteiger partial charge in [0, 0.05) is 12.8 Å². The average molecular weight is 985 g/mol. The number of hydrogen-bond donors (Lipinski definition) is 1. The molecule has 2 unspecified atom stereocenters. The molecule has 0 saturated heterocycles. The van der Waals surface area contributed by atoms with Crippen molar-refractivity contribution in [3.63, 3.8) is 0 Å². The van der Waals surface area contributed by atoms with Crippen molar-refractivity contribution in [2.75, 3.05) is 47.5 Å². The molecule has 0 aromatic carbocycles. The van der Waals surface area contributed by atoms with Crippen LogP contribution in [0.1, 0.15) is 213 Å². The summed E-state index contributed by atoms with van der Waals surface area (Å²) >= 11 is 0. The Morgan fingerprint density at radius 3 is 1.23 bits per heavy atom. The molecule has 9 nitrogen and oxygen atoms in total. The van der Waals surface area contributed by atoms with Gasteiger partial charge in [-0.1, -0.05) is 220 Å². The van der Waals surface area contributed by atoms with Crippen LogP contribution in [0.5, 0.6) is 0 Å². The van der Waals surface area contributed by atoms with Gasteiger partial charge in [-0.2, -0.15) is 0 Å². The Bertz CT molecular complexity index is 1490. The lowest BCUT2D eigenvalue weighted by atomic mass is 10.0. The number of unbranched alkanes of at least 4 members (excludes halogenated alkanes) is 19. The normalized spacial score (nSPS) is 14.1. The third-order valence-corrected chi connectivity index (χ3v) is 12.4. The second kappa shape index (κ2) is 49.9. The molecule has 69 heavy (non-hydrogen) atoms. The van der Waals surface area contributed by atoms with Crippen molar-refractivity contribution >= 4 is 19.8 Å². The molecule has 2 atom stereocenters. The molecule has 0 aromatic heterocycles. The highest BCUT2D eigenvalue weighted by Crippen LogP contribution is 2.43. The summed E-state index contributed by atoms with van der Waals surface area (Å²) in [6.45, 7) is 4.27. The highest BCUT2D eigenvalue weighted by molar-refractivity contribution is 7.47. The molecule has 0 spiro atoms. The van der Waals surface area contributed by atoms with Crippen LogP contribution in [0.15, 0.2) is 97.2 Å². The zero-order valence-corrected chi connectivity index (χ0v) is 45.7. The fourth-order valence-corrected chi connectivity index (χ4v) is 7.89. The first-order valence-electron chi connectivity index (χ1n) is 27.5. The standard InChI is InChI=1S/C59H102NO8P/c1-6-8-10-12-14-16-17-18-19-20-21-22-23-24-25-26-27-28-29-30-31-32-33-34-35-36-37-38-39-40-41-42-43-44-46-48-50-52-59(62)68-57(56-67-69(63,64)66-54-53-60(3,4)5)55-65-58(61)51-49-47-45-15-13-11-9-7-2/h8,10,14,16,18-19,21-22,24-25,27-28,30-31,33-34,57H,6-7,9,11-13,15,17,20,23,26,29,32,35-56H2,1-5H3/p+1/b10-8-,16-14-,19-18-,22-21-,25-24-,28-27-,31-30-,34-33-. The van der Waals surface area contributed by atoms with Gasteiger partial charge < -0.3 is 18.9 Å². The number of allylic oxidation sites excluding steroid dienone is 16. The Kier molecular flexibility index (Phi) is 47.7. The van der Waals surface area contributed by atoms with Gasteiger partial charge in [-0.3, -0.25) is 18.6 Å². The van der Waals surface area contributed by atoms with E-state index in [9.17, 15) is 19.0 Å². The number of esters is 2. The number of quaternary nitrogens is 1. The first kappa shape index (κ1) is 65.9. The molecule has 0 aliphatic heterocycles. The predicted molar refractivity (Wildman–Crippen MR) is 293 cm³/mol. The number of carbonyl (C=O) groups excluding carboxylic acids is 2. The van der Waals surface area contributed by atoms with Crippen molar-refractivity contribution in [1.29, 1.82) is 0 Å². The van der Waals surface area contributed by atoms with Crippen molar-refractivity contribution in [3.05, 3.63) is 97.2 Å². The molecular weight excluding hydrogens is 882 g/mol. The minimum Gasteiger partial charge on any atom is -0.462 e. The molecule has 0 radical (unpaired) electrons. The summed E-state index contributed by atoms with van der Waals surface area (Å²) in [5.41, 5.74) is 0. The maximum absolute atomic E-state index is 12.7. The minimum absolute atomic E-state index is 0.0289. The van der Waals surface area contributed by atoms with Crippen LogP contribution >= 0.6 is 7.82 Å². The predicted octanol–water partition coefficient (Wildman–Crippen LogP) is 16.9. The van der Waals surface area contributed by atoms with E-state index in [0.29, 0.717) is 17.4 Å². The van der Waals surface area contributed by atoms with Crippen LogP contribution in [-0.4, -0.2) is 74.9 Å². The van der Waals surface area contributed by atoms with Gasteiger partial charge in [0.25, 0.3) is 0 Å². The van der Waals surface area contributed by atoms with Gasteiger partial charge >= 0.3 is 19.8 Å². The molecular formula is C59H103NO8P+. The van der Waals surface area contributed by atoms with E-state index in [2.05, 4.69) is 111 Å². The molecule has 0 aromatic rings. The number of rotatable bonds is 49. The van der Waals surface area contributed by atoms with Crippen molar-refractivity contribution in [2.45, 2.75) is 219 Å². The second-order valence-corrected chi connectivity index (χ2v) is 20.7. The fraction of sp³-hybridized carbons (Fsp3) is 0.695. The molecule has 0 bridgehead atoms. The molecule has 0 amide bonds. The monoisotopic (exact) mass is 985 g/mol. The summed E-state index contributed by atoms with van der Waals surface area (Å²) in [7, 11) is 1.47. The molecule has 0 aliphatic rings. The third-order valence-electron chi connectivity index (χ3n) is 11.4. The van der Waals surface area contributed by atoms with E-state index in [1.807, 2.05) is 21.1 Å². The Labute approximate surface area is 423 Å². The van der Waals surface area contributed by atoms with E-state index in [1.54, 1.807) is 0 Å². The van der Waals surface area contributed by atoms with Crippen LogP contribution in [-0.2, 0) is 32.7 Å². The van der Waals surface area contributed by atoms with E-state index in [0.717, 1.165) is 89.9 Å². The van der Waals surface area contributed by atoms with Gasteiger partial charge in [0.05, 0.1) is 27.7 Å². The maximum Gasteiger partial charge on any atom is 0.472 e. The lowest BCUT2D eigenvalue weighted by molar-refractivity contribution is -0.870. The van der Waals surface area contributed by atoms with E-state index in [-0.39, 0.29) is 32.0 Å². The van der Waals surface area contributed by atoms with Gasteiger partial charge in [-0.25, -0.2) is 4.57 Å². The Hall–Kier alpha value is -3.07. The molecule has 0 heterocycles. The molecule has 0 rings (SSSR count). The number of phosphoric acid groups is 1. The van der Waals surface area contributed by atoms with Crippen molar-refractivity contribution < 1.29 is 42.1 Å². The number of nitrogens with zero attached hydrogens (tertiary/aromatic N) is 1. The average Bonchev–Trinajstić information content (AvgIpc) is 3.31. The largest absolute Gasteiger partial charge is 0.472 e. The molecule has 396 valence electrons. The molecule has 0 aliphatic carbocycles. The number of ether oxygens (including phenoxy) is 2. The van der Waals surface area contributed by atoms with Crippen LogP contribution in [0.4, 0.5) is 0 Å². The topological polar surface area (TPSA) is 108 Å². The molecule has 1 N–H and O–H groups in total. The van der Waals surface area contributed by atoms with Gasteiger partial charge in [-0.15, -0.1) is 0 Å². The van der Waals surface area contributed by atoms with Crippen LogP contribution in [0.25, 0.3) is 0 Å². The molecule has 0 saturated carbocycles. The smallest absolute Gasteiger partial charge is 0.462 e. The number of phosphoric ester groups is 1. The highest BCUT2D eigenvalue weighted by atomic mass is 31.2. The lowest BCUT2D eigenvalue weighted by Gasteiger charge is -2.24. The SMILES string of the molecule is CC/C=C\C/C=C\C/C=C\C/C=C\C/C=C\C/C=C\C/C=C\C/C=C\CCCCCCCCCCCCCCC(=O)OC(COC(=O)CCCCCCCCCC)COP(=O)(O)OCC[N+](C)(C)C. The Morgan fingerprint density at radius 1 is 0.464 bits per heavy atom. The fourth-order valence-electron chi connectivity index (χ4n) is 7.15. The highest BCUT2D eigenvalue weighted by Gasteiger charge is 2.27. The van der Waals surface area contributed by atoms with Crippen LogP contribution in [0, 0.1) is 0 Å². The van der Waals surface area contributed by atoms with E-state index < -0.39 is 26.5 Å². The first-order chi connectivity index (χ1) is 33.5. The number of hydrogen-bond acceptors (Lipinski definition) is 7. The van der Waals surface area contributed by atoms with Crippen molar-refractivity contribution in [3.8, 4) is 0 Å². The van der Waals surface area contributed by atoms with Gasteiger partial charge in [0.1, 0.15) is 19.8 Å². The van der Waals surface area contributed by atoms with Crippen LogP contribution in [0.2, 0.25) is 0 Å². The molecule has 10 heteroatoms.